The molecule has 20 heavy (non-hydrogen) atoms. The van der Waals surface area contributed by atoms with Gasteiger partial charge in [-0.1, -0.05) is 13.8 Å². The summed E-state index contributed by atoms with van der Waals surface area (Å²) in [5.74, 6) is -0.348. The Bertz CT molecular complexity index is 460. The van der Waals surface area contributed by atoms with E-state index >= 15 is 0 Å². The maximum atomic E-state index is 12.8. The molecular formula is C12H17F4N3O. The number of hydrogen-bond acceptors (Lipinski definition) is 2. The zero-order valence-corrected chi connectivity index (χ0v) is 11.4. The maximum Gasteiger partial charge on any atom is 0.282 e. The van der Waals surface area contributed by atoms with E-state index in [1.165, 1.54) is 6.92 Å². The van der Waals surface area contributed by atoms with E-state index in [4.69, 9.17) is 0 Å². The van der Waals surface area contributed by atoms with Crippen LogP contribution in [0.1, 0.15) is 51.1 Å². The molecule has 8 heteroatoms. The molecule has 1 aromatic heterocycles. The van der Waals surface area contributed by atoms with E-state index in [9.17, 15) is 22.4 Å². The third-order valence-corrected chi connectivity index (χ3v) is 2.66. The summed E-state index contributed by atoms with van der Waals surface area (Å²) in [6.07, 6.45) is -5.94. The van der Waals surface area contributed by atoms with Gasteiger partial charge in [-0.25, -0.2) is 17.6 Å². The quantitative estimate of drug-likeness (QED) is 0.820. The second-order valence-electron chi connectivity index (χ2n) is 4.86. The summed E-state index contributed by atoms with van der Waals surface area (Å²) in [6, 6.07) is -0.452. The lowest BCUT2D eigenvalue weighted by molar-refractivity contribution is -0.124. The number of aromatic nitrogens is 2. The molecule has 1 heterocycles. The first kappa shape index (κ1) is 16.5. The number of nitrogens with zero attached hydrogens (tertiary/aromatic N) is 2. The van der Waals surface area contributed by atoms with Gasteiger partial charge in [0, 0.05) is 6.54 Å². The molecule has 0 aliphatic carbocycles. The molecule has 0 radical (unpaired) electrons. The molecule has 0 fully saturated rings. The molecule has 1 atom stereocenters. The van der Waals surface area contributed by atoms with Crippen LogP contribution in [0.3, 0.4) is 0 Å². The molecule has 0 aromatic carbocycles. The summed E-state index contributed by atoms with van der Waals surface area (Å²) < 4.78 is 51.3. The van der Waals surface area contributed by atoms with Crippen LogP contribution in [0, 0.1) is 5.92 Å². The fraction of sp³-hybridized carbons (Fsp3) is 0.667. The van der Waals surface area contributed by atoms with Crippen LogP contribution in [0.2, 0.25) is 0 Å². The lowest BCUT2D eigenvalue weighted by Gasteiger charge is -2.16. The SMILES string of the molecule is CC(C)CNC(=O)C(C)n1nc(C(F)F)cc1C(F)F. The molecule has 1 rings (SSSR count). The van der Waals surface area contributed by atoms with Crippen LogP contribution in [-0.4, -0.2) is 22.2 Å². The Morgan fingerprint density at radius 2 is 1.85 bits per heavy atom. The van der Waals surface area contributed by atoms with Crippen molar-refractivity contribution in [2.75, 3.05) is 6.54 Å². The highest BCUT2D eigenvalue weighted by Crippen LogP contribution is 2.27. The minimum Gasteiger partial charge on any atom is -0.354 e. The Balaban J connectivity index is 2.95. The first-order chi connectivity index (χ1) is 9.23. The van der Waals surface area contributed by atoms with Gasteiger partial charge in [0.1, 0.15) is 17.4 Å². The number of alkyl halides is 4. The highest BCUT2D eigenvalue weighted by atomic mass is 19.3. The molecule has 0 spiro atoms. The third kappa shape index (κ3) is 3.94. The Kier molecular flexibility index (Phi) is 5.52. The Hall–Kier alpha value is -1.60. The smallest absolute Gasteiger partial charge is 0.282 e. The summed E-state index contributed by atoms with van der Waals surface area (Å²) in [6.45, 7) is 5.45. The lowest BCUT2D eigenvalue weighted by Crippen LogP contribution is -2.34. The van der Waals surface area contributed by atoms with Crippen molar-refractivity contribution in [2.24, 2.45) is 5.92 Å². The van der Waals surface area contributed by atoms with E-state index in [2.05, 4.69) is 10.4 Å². The van der Waals surface area contributed by atoms with Crippen LogP contribution in [0.5, 0.6) is 0 Å². The van der Waals surface area contributed by atoms with Crippen LogP contribution in [0.25, 0.3) is 0 Å². The van der Waals surface area contributed by atoms with Crippen molar-refractivity contribution in [1.82, 2.24) is 15.1 Å². The molecule has 0 bridgehead atoms. The number of carbonyl (C=O) groups is 1. The van der Waals surface area contributed by atoms with E-state index in [-0.39, 0.29) is 5.92 Å². The van der Waals surface area contributed by atoms with Gasteiger partial charge >= 0.3 is 0 Å². The largest absolute Gasteiger partial charge is 0.354 e. The number of hydrogen-bond donors (Lipinski definition) is 1. The number of nitrogens with one attached hydrogen (secondary N) is 1. The van der Waals surface area contributed by atoms with Gasteiger partial charge < -0.3 is 5.32 Å². The van der Waals surface area contributed by atoms with Gasteiger partial charge in [-0.3, -0.25) is 9.48 Å². The molecule has 1 N–H and O–H groups in total. The number of carbonyl (C=O) groups excluding carboxylic acids is 1. The monoisotopic (exact) mass is 295 g/mol. The van der Waals surface area contributed by atoms with Gasteiger partial charge in [-0.05, 0) is 18.9 Å². The van der Waals surface area contributed by atoms with Crippen LogP contribution in [0.4, 0.5) is 17.6 Å². The maximum absolute atomic E-state index is 12.8. The molecule has 1 unspecified atom stereocenters. The predicted molar refractivity (Wildman–Crippen MR) is 64.7 cm³/mol. The zero-order chi connectivity index (χ0) is 15.4. The Labute approximate surface area is 114 Å². The Morgan fingerprint density at radius 1 is 1.25 bits per heavy atom. The average molecular weight is 295 g/mol. The molecule has 1 aromatic rings. The van der Waals surface area contributed by atoms with Crippen molar-refractivity contribution in [2.45, 2.75) is 39.7 Å². The molecule has 1 amide bonds. The molecule has 0 saturated carbocycles. The highest BCUT2D eigenvalue weighted by Gasteiger charge is 2.26. The van der Waals surface area contributed by atoms with E-state index in [0.29, 0.717) is 17.3 Å². The number of amides is 1. The molecule has 0 aliphatic rings. The first-order valence-electron chi connectivity index (χ1n) is 6.17. The van der Waals surface area contributed by atoms with Gasteiger partial charge in [-0.2, -0.15) is 5.10 Å². The summed E-state index contributed by atoms with van der Waals surface area (Å²) in [5, 5.41) is 5.96. The minimum atomic E-state index is -2.98. The van der Waals surface area contributed by atoms with Gasteiger partial charge in [-0.15, -0.1) is 0 Å². The van der Waals surface area contributed by atoms with Gasteiger partial charge in [0.25, 0.3) is 12.9 Å². The molecular weight excluding hydrogens is 278 g/mol. The minimum absolute atomic E-state index is 0.190. The van der Waals surface area contributed by atoms with E-state index in [1.54, 1.807) is 0 Å². The van der Waals surface area contributed by atoms with Crippen molar-refractivity contribution in [1.29, 1.82) is 0 Å². The first-order valence-corrected chi connectivity index (χ1v) is 6.17. The second-order valence-corrected chi connectivity index (χ2v) is 4.86. The van der Waals surface area contributed by atoms with Crippen LogP contribution < -0.4 is 5.32 Å². The lowest BCUT2D eigenvalue weighted by atomic mass is 10.2. The van der Waals surface area contributed by atoms with Gasteiger partial charge in [0.2, 0.25) is 5.91 Å². The summed E-state index contributed by atoms with van der Waals surface area (Å²) >= 11 is 0. The van der Waals surface area contributed by atoms with E-state index < -0.39 is 36.2 Å². The van der Waals surface area contributed by atoms with Gasteiger partial charge in [0.15, 0.2) is 0 Å². The van der Waals surface area contributed by atoms with Crippen molar-refractivity contribution in [3.63, 3.8) is 0 Å². The fourth-order valence-electron chi connectivity index (χ4n) is 1.57. The predicted octanol–water partition coefficient (Wildman–Crippen LogP) is 3.09. The van der Waals surface area contributed by atoms with Crippen molar-refractivity contribution in [3.05, 3.63) is 17.5 Å². The third-order valence-electron chi connectivity index (χ3n) is 2.66. The van der Waals surface area contributed by atoms with Crippen molar-refractivity contribution in [3.8, 4) is 0 Å². The summed E-state index contributed by atoms with van der Waals surface area (Å²) in [4.78, 5) is 11.8. The normalized spacial score (nSPS) is 13.3. The molecule has 0 saturated heterocycles. The molecule has 0 aliphatic heterocycles. The van der Waals surface area contributed by atoms with Crippen LogP contribution in [0.15, 0.2) is 6.07 Å². The van der Waals surface area contributed by atoms with Gasteiger partial charge in [0.05, 0.1) is 0 Å². The summed E-state index contributed by atoms with van der Waals surface area (Å²) in [5.41, 5.74) is -1.45. The fourth-order valence-corrected chi connectivity index (χ4v) is 1.57. The van der Waals surface area contributed by atoms with Crippen molar-refractivity contribution < 1.29 is 22.4 Å². The topological polar surface area (TPSA) is 46.9 Å². The van der Waals surface area contributed by atoms with E-state index in [1.807, 2.05) is 13.8 Å². The second kappa shape index (κ2) is 6.71. The highest BCUT2D eigenvalue weighted by molar-refractivity contribution is 5.79. The van der Waals surface area contributed by atoms with E-state index in [0.717, 1.165) is 0 Å². The van der Waals surface area contributed by atoms with Crippen LogP contribution >= 0.6 is 0 Å². The number of halogens is 4. The van der Waals surface area contributed by atoms with Crippen LogP contribution in [-0.2, 0) is 4.79 Å². The molecule has 114 valence electrons. The standard InChI is InChI=1S/C12H17F4N3O/c1-6(2)5-17-12(20)7(3)19-9(11(15)16)4-8(18-19)10(13)14/h4,6-7,10-11H,5H2,1-3H3,(H,17,20). The average Bonchev–Trinajstić information content (AvgIpc) is 2.80. The summed E-state index contributed by atoms with van der Waals surface area (Å²) in [7, 11) is 0. The zero-order valence-electron chi connectivity index (χ0n) is 11.4. The molecule has 4 nitrogen and oxygen atoms in total. The number of rotatable bonds is 6. The van der Waals surface area contributed by atoms with Crippen molar-refractivity contribution >= 4 is 5.91 Å². The Morgan fingerprint density at radius 3 is 2.30 bits per heavy atom.